The minimum atomic E-state index is 0.199. The molecule has 18 heavy (non-hydrogen) atoms. The molecule has 1 fully saturated rings. The fourth-order valence-corrected chi connectivity index (χ4v) is 2.22. The van der Waals surface area contributed by atoms with E-state index in [2.05, 4.69) is 22.4 Å². The van der Waals surface area contributed by atoms with Crippen LogP contribution in [0.4, 0.5) is 6.01 Å². The Morgan fingerprint density at radius 1 is 1.56 bits per heavy atom. The first-order chi connectivity index (χ1) is 8.65. The predicted octanol–water partition coefficient (Wildman–Crippen LogP) is 1.44. The van der Waals surface area contributed by atoms with Gasteiger partial charge < -0.3 is 14.6 Å². The molecule has 2 rings (SSSR count). The normalized spacial score (nSPS) is 19.9. The van der Waals surface area contributed by atoms with E-state index in [1.807, 2.05) is 4.90 Å². The van der Waals surface area contributed by atoms with E-state index in [1.54, 1.807) is 6.92 Å². The van der Waals surface area contributed by atoms with Crippen LogP contribution < -0.4 is 5.32 Å². The van der Waals surface area contributed by atoms with Gasteiger partial charge in [0.2, 0.25) is 11.8 Å². The lowest BCUT2D eigenvalue weighted by Crippen LogP contribution is -2.39. The third kappa shape index (κ3) is 3.45. The maximum atomic E-state index is 12.0. The fraction of sp³-hybridized carbons (Fsp3) is 0.750. The molecule has 0 bridgehead atoms. The molecule has 0 spiro atoms. The van der Waals surface area contributed by atoms with Crippen LogP contribution in [0.1, 0.15) is 32.1 Å². The second kappa shape index (κ2) is 5.84. The Labute approximate surface area is 107 Å². The molecule has 0 radical (unpaired) electrons. The predicted molar refractivity (Wildman–Crippen MR) is 67.1 cm³/mol. The van der Waals surface area contributed by atoms with Gasteiger partial charge in [-0.1, -0.05) is 12.0 Å². The summed E-state index contributed by atoms with van der Waals surface area (Å²) in [4.78, 5) is 13.9. The highest BCUT2D eigenvalue weighted by Crippen LogP contribution is 2.16. The monoisotopic (exact) mass is 252 g/mol. The van der Waals surface area contributed by atoms with E-state index >= 15 is 0 Å². The van der Waals surface area contributed by atoms with Crippen molar-refractivity contribution in [1.82, 2.24) is 15.1 Å². The van der Waals surface area contributed by atoms with Crippen molar-refractivity contribution >= 4 is 11.9 Å². The summed E-state index contributed by atoms with van der Waals surface area (Å²) in [7, 11) is 0. The van der Waals surface area contributed by atoms with Gasteiger partial charge in [0.15, 0.2) is 0 Å². The molecule has 1 saturated heterocycles. The lowest BCUT2D eigenvalue weighted by molar-refractivity contribution is -0.132. The van der Waals surface area contributed by atoms with E-state index < -0.39 is 0 Å². The van der Waals surface area contributed by atoms with Crippen LogP contribution in [0.3, 0.4) is 0 Å². The van der Waals surface area contributed by atoms with Crippen LogP contribution in [0.5, 0.6) is 0 Å². The molecule has 100 valence electrons. The molecule has 1 aliphatic rings. The Hall–Kier alpha value is -1.59. The largest absolute Gasteiger partial charge is 0.408 e. The third-order valence-electron chi connectivity index (χ3n) is 3.15. The number of hydrogen-bond donors (Lipinski definition) is 1. The van der Waals surface area contributed by atoms with Crippen molar-refractivity contribution in [2.45, 2.75) is 33.1 Å². The van der Waals surface area contributed by atoms with Gasteiger partial charge in [-0.15, -0.1) is 5.10 Å². The van der Waals surface area contributed by atoms with Crippen molar-refractivity contribution in [3.8, 4) is 0 Å². The maximum Gasteiger partial charge on any atom is 0.315 e. The van der Waals surface area contributed by atoms with E-state index in [9.17, 15) is 4.79 Å². The molecule has 1 aliphatic heterocycles. The Kier molecular flexibility index (Phi) is 4.17. The SMILES string of the molecule is Cc1nnc(NCCC(=O)N2CCCC(C)C2)o1. The summed E-state index contributed by atoms with van der Waals surface area (Å²) in [5.41, 5.74) is 0. The first-order valence-electron chi connectivity index (χ1n) is 6.47. The summed E-state index contributed by atoms with van der Waals surface area (Å²) in [5, 5.41) is 10.5. The Balaban J connectivity index is 1.71. The summed E-state index contributed by atoms with van der Waals surface area (Å²) in [6.45, 7) is 6.24. The topological polar surface area (TPSA) is 71.3 Å². The first-order valence-corrected chi connectivity index (χ1v) is 6.47. The standard InChI is InChI=1S/C12H20N4O2/c1-9-4-3-7-16(8-9)11(17)5-6-13-12-15-14-10(2)18-12/h9H,3-8H2,1-2H3,(H,13,15). The average molecular weight is 252 g/mol. The average Bonchev–Trinajstić information content (AvgIpc) is 2.75. The summed E-state index contributed by atoms with van der Waals surface area (Å²) < 4.78 is 5.17. The van der Waals surface area contributed by atoms with Crippen molar-refractivity contribution < 1.29 is 9.21 Å². The van der Waals surface area contributed by atoms with Crippen LogP contribution in [0.25, 0.3) is 0 Å². The second-order valence-electron chi connectivity index (χ2n) is 4.89. The smallest absolute Gasteiger partial charge is 0.315 e. The van der Waals surface area contributed by atoms with Crippen LogP contribution >= 0.6 is 0 Å². The van der Waals surface area contributed by atoms with Gasteiger partial charge in [0.05, 0.1) is 0 Å². The zero-order valence-electron chi connectivity index (χ0n) is 11.0. The van der Waals surface area contributed by atoms with Crippen molar-refractivity contribution in [3.05, 3.63) is 5.89 Å². The van der Waals surface area contributed by atoms with E-state index in [0.29, 0.717) is 30.8 Å². The van der Waals surface area contributed by atoms with Crippen LogP contribution in [0.2, 0.25) is 0 Å². The van der Waals surface area contributed by atoms with Gasteiger partial charge in [-0.2, -0.15) is 0 Å². The number of amides is 1. The minimum Gasteiger partial charge on any atom is -0.408 e. The molecular formula is C12H20N4O2. The zero-order chi connectivity index (χ0) is 13.0. The van der Waals surface area contributed by atoms with Gasteiger partial charge >= 0.3 is 6.01 Å². The van der Waals surface area contributed by atoms with Gasteiger partial charge in [-0.25, -0.2) is 0 Å². The highest BCUT2D eigenvalue weighted by molar-refractivity contribution is 5.76. The molecule has 0 aromatic carbocycles. The molecule has 1 N–H and O–H groups in total. The molecule has 1 aromatic heterocycles. The molecule has 6 nitrogen and oxygen atoms in total. The Morgan fingerprint density at radius 3 is 3.06 bits per heavy atom. The van der Waals surface area contributed by atoms with Crippen molar-refractivity contribution in [2.75, 3.05) is 25.0 Å². The molecule has 1 unspecified atom stereocenters. The number of nitrogens with zero attached hydrogens (tertiary/aromatic N) is 3. The van der Waals surface area contributed by atoms with Crippen molar-refractivity contribution in [3.63, 3.8) is 0 Å². The number of carbonyl (C=O) groups is 1. The number of piperidine rings is 1. The number of rotatable bonds is 4. The lowest BCUT2D eigenvalue weighted by Gasteiger charge is -2.31. The molecule has 1 atom stereocenters. The van der Waals surface area contributed by atoms with Crippen LogP contribution in [-0.4, -0.2) is 40.6 Å². The zero-order valence-corrected chi connectivity index (χ0v) is 11.0. The van der Waals surface area contributed by atoms with Gasteiger partial charge in [0.25, 0.3) is 0 Å². The summed E-state index contributed by atoms with van der Waals surface area (Å²) in [6.07, 6.45) is 2.81. The van der Waals surface area contributed by atoms with E-state index in [0.717, 1.165) is 19.5 Å². The Morgan fingerprint density at radius 2 is 2.39 bits per heavy atom. The fourth-order valence-electron chi connectivity index (χ4n) is 2.22. The molecular weight excluding hydrogens is 232 g/mol. The van der Waals surface area contributed by atoms with Gasteiger partial charge in [-0.3, -0.25) is 4.79 Å². The maximum absolute atomic E-state index is 12.0. The van der Waals surface area contributed by atoms with Gasteiger partial charge in [0, 0.05) is 33.0 Å². The number of nitrogens with one attached hydrogen (secondary N) is 1. The molecule has 1 aromatic rings. The van der Waals surface area contributed by atoms with Gasteiger partial charge in [0.1, 0.15) is 0 Å². The first kappa shape index (κ1) is 12.9. The van der Waals surface area contributed by atoms with Crippen LogP contribution in [0.15, 0.2) is 4.42 Å². The van der Waals surface area contributed by atoms with Crippen LogP contribution in [-0.2, 0) is 4.79 Å². The summed E-state index contributed by atoms with van der Waals surface area (Å²) >= 11 is 0. The van der Waals surface area contributed by atoms with Crippen LogP contribution in [0, 0.1) is 12.8 Å². The molecule has 0 saturated carbocycles. The molecule has 0 aliphatic carbocycles. The minimum absolute atomic E-state index is 0.199. The summed E-state index contributed by atoms with van der Waals surface area (Å²) in [6, 6.07) is 0.382. The number of aryl methyl sites for hydroxylation is 1. The van der Waals surface area contributed by atoms with E-state index in [1.165, 1.54) is 6.42 Å². The summed E-state index contributed by atoms with van der Waals surface area (Å²) in [5.74, 6) is 1.34. The Bertz CT molecular complexity index is 405. The molecule has 1 amide bonds. The molecule has 2 heterocycles. The number of aromatic nitrogens is 2. The van der Waals surface area contributed by atoms with E-state index in [-0.39, 0.29) is 5.91 Å². The number of carbonyl (C=O) groups excluding carboxylic acids is 1. The number of anilines is 1. The van der Waals surface area contributed by atoms with E-state index in [4.69, 9.17) is 4.42 Å². The highest BCUT2D eigenvalue weighted by Gasteiger charge is 2.20. The quantitative estimate of drug-likeness (QED) is 0.878. The van der Waals surface area contributed by atoms with Crippen molar-refractivity contribution in [2.24, 2.45) is 5.92 Å². The highest BCUT2D eigenvalue weighted by atomic mass is 16.4. The molecule has 6 heteroatoms. The van der Waals surface area contributed by atoms with Gasteiger partial charge in [-0.05, 0) is 18.8 Å². The number of hydrogen-bond acceptors (Lipinski definition) is 5. The number of likely N-dealkylation sites (tertiary alicyclic amines) is 1. The second-order valence-corrected chi connectivity index (χ2v) is 4.89. The lowest BCUT2D eigenvalue weighted by atomic mass is 10.00. The third-order valence-corrected chi connectivity index (χ3v) is 3.15. The van der Waals surface area contributed by atoms with Crippen molar-refractivity contribution in [1.29, 1.82) is 0 Å².